The van der Waals surface area contributed by atoms with Gasteiger partial charge >= 0.3 is 0 Å². The molecule has 2 aliphatic rings. The van der Waals surface area contributed by atoms with Crippen LogP contribution in [0, 0.1) is 5.92 Å². The second-order valence-corrected chi connectivity index (χ2v) is 5.22. The van der Waals surface area contributed by atoms with Crippen molar-refractivity contribution >= 4 is 0 Å². The van der Waals surface area contributed by atoms with Gasteiger partial charge in [-0.2, -0.15) is 0 Å². The molecule has 0 aromatic rings. The van der Waals surface area contributed by atoms with Crippen molar-refractivity contribution in [3.8, 4) is 0 Å². The van der Waals surface area contributed by atoms with Gasteiger partial charge in [0, 0.05) is 26.2 Å². The summed E-state index contributed by atoms with van der Waals surface area (Å²) in [5.41, 5.74) is 5.60. The Labute approximate surface area is 104 Å². The fourth-order valence-electron chi connectivity index (χ4n) is 2.91. The van der Waals surface area contributed by atoms with Gasteiger partial charge in [0.1, 0.15) is 0 Å². The SMILES string of the molecule is CCC1OCCC1CNCC1CCC(CN)O1. The van der Waals surface area contributed by atoms with E-state index >= 15 is 0 Å². The summed E-state index contributed by atoms with van der Waals surface area (Å²) in [6.45, 7) is 5.81. The minimum atomic E-state index is 0.292. The van der Waals surface area contributed by atoms with Crippen LogP contribution >= 0.6 is 0 Å². The Hall–Kier alpha value is -0.160. The van der Waals surface area contributed by atoms with E-state index in [1.807, 2.05) is 0 Å². The van der Waals surface area contributed by atoms with Crippen molar-refractivity contribution in [1.82, 2.24) is 5.32 Å². The third-order valence-corrected chi connectivity index (χ3v) is 3.99. The zero-order valence-electron chi connectivity index (χ0n) is 10.9. The molecular weight excluding hydrogens is 216 g/mol. The number of nitrogens with one attached hydrogen (secondary N) is 1. The molecule has 2 heterocycles. The van der Waals surface area contributed by atoms with Crippen molar-refractivity contribution in [2.45, 2.75) is 50.9 Å². The first-order chi connectivity index (χ1) is 8.33. The average Bonchev–Trinajstić information content (AvgIpc) is 2.97. The molecule has 0 spiro atoms. The van der Waals surface area contributed by atoms with E-state index in [2.05, 4.69) is 12.2 Å². The Bertz CT molecular complexity index is 225. The van der Waals surface area contributed by atoms with Crippen LogP contribution in [0.2, 0.25) is 0 Å². The Morgan fingerprint density at radius 2 is 2.00 bits per heavy atom. The van der Waals surface area contributed by atoms with E-state index in [-0.39, 0.29) is 0 Å². The number of nitrogens with two attached hydrogens (primary N) is 1. The van der Waals surface area contributed by atoms with E-state index in [4.69, 9.17) is 15.2 Å². The smallest absolute Gasteiger partial charge is 0.0704 e. The molecular formula is C13H26N2O2. The Morgan fingerprint density at radius 1 is 1.18 bits per heavy atom. The highest BCUT2D eigenvalue weighted by Gasteiger charge is 2.27. The molecule has 4 heteroatoms. The average molecular weight is 242 g/mol. The zero-order valence-corrected chi connectivity index (χ0v) is 10.9. The Balaban J connectivity index is 1.60. The van der Waals surface area contributed by atoms with Gasteiger partial charge in [0.15, 0.2) is 0 Å². The van der Waals surface area contributed by atoms with Crippen molar-refractivity contribution in [2.24, 2.45) is 11.7 Å². The van der Waals surface area contributed by atoms with Gasteiger partial charge in [0.2, 0.25) is 0 Å². The van der Waals surface area contributed by atoms with Crippen LogP contribution in [0.1, 0.15) is 32.6 Å². The minimum Gasteiger partial charge on any atom is -0.378 e. The predicted octanol–water partition coefficient (Wildman–Crippen LogP) is 0.897. The zero-order chi connectivity index (χ0) is 12.1. The standard InChI is InChI=1S/C13H26N2O2/c1-2-13-10(5-6-16-13)8-15-9-12-4-3-11(7-14)17-12/h10-13,15H,2-9,14H2,1H3. The minimum absolute atomic E-state index is 0.292. The van der Waals surface area contributed by atoms with E-state index in [1.54, 1.807) is 0 Å². The highest BCUT2D eigenvalue weighted by atomic mass is 16.5. The van der Waals surface area contributed by atoms with Crippen LogP contribution in [0.25, 0.3) is 0 Å². The van der Waals surface area contributed by atoms with Crippen LogP contribution < -0.4 is 11.1 Å². The predicted molar refractivity (Wildman–Crippen MR) is 68.0 cm³/mol. The number of hydrogen-bond acceptors (Lipinski definition) is 4. The van der Waals surface area contributed by atoms with E-state index in [0.29, 0.717) is 30.8 Å². The van der Waals surface area contributed by atoms with E-state index in [1.165, 1.54) is 6.42 Å². The molecule has 0 radical (unpaired) electrons. The number of rotatable bonds is 6. The molecule has 4 atom stereocenters. The first-order valence-corrected chi connectivity index (χ1v) is 7.01. The van der Waals surface area contributed by atoms with Gasteiger partial charge in [-0.1, -0.05) is 6.92 Å². The first-order valence-electron chi connectivity index (χ1n) is 7.01. The van der Waals surface area contributed by atoms with Crippen molar-refractivity contribution in [2.75, 3.05) is 26.2 Å². The van der Waals surface area contributed by atoms with Gasteiger partial charge in [0.05, 0.1) is 18.3 Å². The monoisotopic (exact) mass is 242 g/mol. The van der Waals surface area contributed by atoms with Gasteiger partial charge in [-0.05, 0) is 31.6 Å². The lowest BCUT2D eigenvalue weighted by atomic mass is 9.99. The summed E-state index contributed by atoms with van der Waals surface area (Å²) in [7, 11) is 0. The third kappa shape index (κ3) is 3.65. The molecule has 4 unspecified atom stereocenters. The lowest BCUT2D eigenvalue weighted by molar-refractivity contribution is 0.0482. The lowest BCUT2D eigenvalue weighted by Gasteiger charge is -2.19. The van der Waals surface area contributed by atoms with E-state index in [0.717, 1.165) is 39.0 Å². The van der Waals surface area contributed by atoms with Gasteiger partial charge in [-0.3, -0.25) is 0 Å². The molecule has 0 bridgehead atoms. The molecule has 100 valence electrons. The Kier molecular flexibility index (Phi) is 5.22. The lowest BCUT2D eigenvalue weighted by Crippen LogP contribution is -2.34. The topological polar surface area (TPSA) is 56.5 Å². The fourth-order valence-corrected chi connectivity index (χ4v) is 2.91. The molecule has 2 rings (SSSR count). The molecule has 2 aliphatic heterocycles. The molecule has 0 amide bonds. The fraction of sp³-hybridized carbons (Fsp3) is 1.00. The molecule has 2 fully saturated rings. The number of ether oxygens (including phenoxy) is 2. The van der Waals surface area contributed by atoms with Crippen LogP contribution in [0.3, 0.4) is 0 Å². The van der Waals surface area contributed by atoms with Crippen LogP contribution in [-0.2, 0) is 9.47 Å². The third-order valence-electron chi connectivity index (χ3n) is 3.99. The van der Waals surface area contributed by atoms with Crippen LogP contribution in [0.15, 0.2) is 0 Å². The normalized spacial score (nSPS) is 37.8. The van der Waals surface area contributed by atoms with Crippen LogP contribution in [-0.4, -0.2) is 44.6 Å². The summed E-state index contributed by atoms with van der Waals surface area (Å²) in [4.78, 5) is 0. The molecule has 17 heavy (non-hydrogen) atoms. The molecule has 0 aliphatic carbocycles. The first kappa shape index (κ1) is 13.3. The highest BCUT2D eigenvalue weighted by molar-refractivity contribution is 4.79. The van der Waals surface area contributed by atoms with E-state index in [9.17, 15) is 0 Å². The quantitative estimate of drug-likeness (QED) is 0.726. The second-order valence-electron chi connectivity index (χ2n) is 5.22. The van der Waals surface area contributed by atoms with Crippen molar-refractivity contribution < 1.29 is 9.47 Å². The van der Waals surface area contributed by atoms with Crippen molar-refractivity contribution in [1.29, 1.82) is 0 Å². The molecule has 0 saturated carbocycles. The molecule has 0 aromatic carbocycles. The van der Waals surface area contributed by atoms with Gasteiger partial charge < -0.3 is 20.5 Å². The Morgan fingerprint density at radius 3 is 2.71 bits per heavy atom. The van der Waals surface area contributed by atoms with E-state index < -0.39 is 0 Å². The molecule has 3 N–H and O–H groups in total. The summed E-state index contributed by atoms with van der Waals surface area (Å²) in [6.07, 6.45) is 5.71. The van der Waals surface area contributed by atoms with Crippen molar-refractivity contribution in [3.05, 3.63) is 0 Å². The molecule has 2 saturated heterocycles. The maximum Gasteiger partial charge on any atom is 0.0704 e. The summed E-state index contributed by atoms with van der Waals surface area (Å²) in [6, 6.07) is 0. The summed E-state index contributed by atoms with van der Waals surface area (Å²) in [5, 5.41) is 3.53. The van der Waals surface area contributed by atoms with Gasteiger partial charge in [0.25, 0.3) is 0 Å². The number of hydrogen-bond donors (Lipinski definition) is 2. The molecule has 0 aromatic heterocycles. The van der Waals surface area contributed by atoms with Crippen LogP contribution in [0.4, 0.5) is 0 Å². The second kappa shape index (κ2) is 6.69. The summed E-state index contributed by atoms with van der Waals surface area (Å²) in [5.74, 6) is 0.687. The molecule has 4 nitrogen and oxygen atoms in total. The van der Waals surface area contributed by atoms with Gasteiger partial charge in [-0.25, -0.2) is 0 Å². The highest BCUT2D eigenvalue weighted by Crippen LogP contribution is 2.23. The van der Waals surface area contributed by atoms with Crippen LogP contribution in [0.5, 0.6) is 0 Å². The maximum atomic E-state index is 5.81. The van der Waals surface area contributed by atoms with Gasteiger partial charge in [-0.15, -0.1) is 0 Å². The maximum absolute atomic E-state index is 5.81. The van der Waals surface area contributed by atoms with Crippen molar-refractivity contribution in [3.63, 3.8) is 0 Å². The summed E-state index contributed by atoms with van der Waals surface area (Å²) < 4.78 is 11.5. The summed E-state index contributed by atoms with van der Waals surface area (Å²) >= 11 is 0. The largest absolute Gasteiger partial charge is 0.378 e.